The molecular formula is C24H48O5Si. The molecule has 1 aliphatic carbocycles. The fourth-order valence-corrected chi connectivity index (χ4v) is 5.82. The van der Waals surface area contributed by atoms with E-state index in [0.717, 1.165) is 45.5 Å². The number of methoxy groups -OCH3 is 1. The maximum atomic E-state index is 6.54. The zero-order chi connectivity index (χ0) is 22.4. The zero-order valence-electron chi connectivity index (χ0n) is 20.9. The van der Waals surface area contributed by atoms with Crippen molar-refractivity contribution in [3.63, 3.8) is 0 Å². The Morgan fingerprint density at radius 1 is 1.17 bits per heavy atom. The van der Waals surface area contributed by atoms with Crippen molar-refractivity contribution in [3.05, 3.63) is 0 Å². The normalized spacial score (nSPS) is 31.8. The highest BCUT2D eigenvalue weighted by atomic mass is 28.4. The van der Waals surface area contributed by atoms with Gasteiger partial charge in [0.25, 0.3) is 0 Å². The Kier molecular flexibility index (Phi) is 10.3. The molecule has 6 atom stereocenters. The quantitative estimate of drug-likeness (QED) is 0.228. The first kappa shape index (κ1) is 26.3. The Morgan fingerprint density at radius 2 is 1.90 bits per heavy atom. The molecule has 0 N–H and O–H groups in total. The van der Waals surface area contributed by atoms with Crippen LogP contribution in [0.3, 0.4) is 0 Å². The van der Waals surface area contributed by atoms with Gasteiger partial charge in [-0.1, -0.05) is 34.6 Å². The maximum Gasteiger partial charge on any atom is 0.191 e. The molecule has 1 unspecified atom stereocenters. The van der Waals surface area contributed by atoms with E-state index in [9.17, 15) is 0 Å². The van der Waals surface area contributed by atoms with Gasteiger partial charge in [-0.15, -0.1) is 0 Å². The standard InChI is InChI=1S/C24H48O5Si/c1-18(16-26-17-25-6)21-15-22(29-23-11-9-10-13-27-23)19(2)20(21)12-14-28-30(7,8)24(3,4)5/h18-23H,9-17H2,1-8H3/t18-,19+,20+,21+,22-,23?/m1/s1. The molecule has 2 aliphatic rings. The summed E-state index contributed by atoms with van der Waals surface area (Å²) in [6.45, 7) is 19.1. The lowest BCUT2D eigenvalue weighted by molar-refractivity contribution is -0.194. The van der Waals surface area contributed by atoms with Crippen LogP contribution in [0.2, 0.25) is 18.1 Å². The second kappa shape index (κ2) is 11.8. The number of rotatable bonds is 11. The second-order valence-electron chi connectivity index (χ2n) is 11.0. The third-order valence-electron chi connectivity index (χ3n) is 7.81. The molecule has 0 aromatic rings. The molecule has 2 rings (SSSR count). The lowest BCUT2D eigenvalue weighted by Gasteiger charge is -2.37. The van der Waals surface area contributed by atoms with E-state index in [1.807, 2.05) is 0 Å². The predicted molar refractivity (Wildman–Crippen MR) is 124 cm³/mol. The van der Waals surface area contributed by atoms with Crippen molar-refractivity contribution in [2.75, 3.05) is 33.7 Å². The first-order chi connectivity index (χ1) is 14.1. The summed E-state index contributed by atoms with van der Waals surface area (Å²) in [5.41, 5.74) is 0. The van der Waals surface area contributed by atoms with E-state index < -0.39 is 8.32 Å². The summed E-state index contributed by atoms with van der Waals surface area (Å²) in [4.78, 5) is 0. The lowest BCUT2D eigenvalue weighted by atomic mass is 9.81. The van der Waals surface area contributed by atoms with Crippen LogP contribution in [0.1, 0.15) is 66.7 Å². The van der Waals surface area contributed by atoms with E-state index in [1.54, 1.807) is 7.11 Å². The van der Waals surface area contributed by atoms with Crippen LogP contribution in [0, 0.1) is 23.7 Å². The summed E-state index contributed by atoms with van der Waals surface area (Å²) >= 11 is 0. The zero-order valence-corrected chi connectivity index (χ0v) is 21.9. The third-order valence-corrected chi connectivity index (χ3v) is 12.4. The van der Waals surface area contributed by atoms with Crippen LogP contribution in [0.25, 0.3) is 0 Å². The molecule has 2 fully saturated rings. The largest absolute Gasteiger partial charge is 0.417 e. The van der Waals surface area contributed by atoms with Crippen molar-refractivity contribution in [3.8, 4) is 0 Å². The van der Waals surface area contributed by atoms with Crippen LogP contribution in [-0.2, 0) is 23.4 Å². The first-order valence-corrected chi connectivity index (χ1v) is 15.0. The van der Waals surface area contributed by atoms with E-state index in [0.29, 0.717) is 30.5 Å². The van der Waals surface area contributed by atoms with E-state index in [2.05, 4.69) is 47.7 Å². The average molecular weight is 445 g/mol. The fraction of sp³-hybridized carbons (Fsp3) is 1.00. The monoisotopic (exact) mass is 444 g/mol. The molecule has 0 spiro atoms. The van der Waals surface area contributed by atoms with Crippen LogP contribution >= 0.6 is 0 Å². The minimum absolute atomic E-state index is 0.0193. The summed E-state index contributed by atoms with van der Waals surface area (Å²) < 4.78 is 29.7. The Hall–Kier alpha value is 0.0169. The van der Waals surface area contributed by atoms with Crippen LogP contribution in [0.4, 0.5) is 0 Å². The Labute approximate surface area is 186 Å². The first-order valence-electron chi connectivity index (χ1n) is 12.0. The van der Waals surface area contributed by atoms with Crippen LogP contribution < -0.4 is 0 Å². The Balaban J connectivity index is 1.99. The smallest absolute Gasteiger partial charge is 0.191 e. The molecule has 0 aromatic heterocycles. The van der Waals surface area contributed by atoms with E-state index in [-0.39, 0.29) is 17.4 Å². The van der Waals surface area contributed by atoms with Crippen molar-refractivity contribution in [1.82, 2.24) is 0 Å². The highest BCUT2D eigenvalue weighted by Crippen LogP contribution is 2.46. The van der Waals surface area contributed by atoms with E-state index >= 15 is 0 Å². The van der Waals surface area contributed by atoms with Gasteiger partial charge in [0, 0.05) is 20.3 Å². The molecule has 5 nitrogen and oxygen atoms in total. The molecule has 6 heteroatoms. The molecule has 1 heterocycles. The van der Waals surface area contributed by atoms with Crippen molar-refractivity contribution in [2.45, 2.75) is 97.2 Å². The van der Waals surface area contributed by atoms with Gasteiger partial charge in [-0.25, -0.2) is 0 Å². The minimum Gasteiger partial charge on any atom is -0.417 e. The highest BCUT2D eigenvalue weighted by Gasteiger charge is 2.45. The molecule has 0 amide bonds. The van der Waals surface area contributed by atoms with Gasteiger partial charge in [-0.3, -0.25) is 0 Å². The molecule has 0 aromatic carbocycles. The summed E-state index contributed by atoms with van der Waals surface area (Å²) in [7, 11) is -0.0406. The molecular weight excluding hydrogens is 396 g/mol. The number of hydrogen-bond donors (Lipinski definition) is 0. The lowest BCUT2D eigenvalue weighted by Crippen LogP contribution is -2.41. The SMILES string of the molecule is COCOC[C@@H](C)[C@@H]1C[C@@H](OC2CCCCO2)[C@@H](C)[C@@H]1CCO[Si](C)(C)C(C)(C)C. The van der Waals surface area contributed by atoms with E-state index in [1.165, 1.54) is 6.42 Å². The molecule has 0 bridgehead atoms. The maximum absolute atomic E-state index is 6.54. The van der Waals surface area contributed by atoms with Gasteiger partial charge in [-0.05, 0) is 73.9 Å². The van der Waals surface area contributed by atoms with Gasteiger partial charge in [0.05, 0.1) is 12.7 Å². The van der Waals surface area contributed by atoms with Crippen LogP contribution in [0.5, 0.6) is 0 Å². The van der Waals surface area contributed by atoms with Crippen molar-refractivity contribution >= 4 is 8.32 Å². The second-order valence-corrected chi connectivity index (χ2v) is 15.9. The topological polar surface area (TPSA) is 46.2 Å². The van der Waals surface area contributed by atoms with Gasteiger partial charge in [0.1, 0.15) is 6.79 Å². The molecule has 1 saturated carbocycles. The molecule has 0 radical (unpaired) electrons. The Bertz CT molecular complexity index is 486. The molecule has 1 saturated heterocycles. The van der Waals surface area contributed by atoms with Gasteiger partial charge < -0.3 is 23.4 Å². The van der Waals surface area contributed by atoms with Gasteiger partial charge in [0.2, 0.25) is 0 Å². The van der Waals surface area contributed by atoms with Gasteiger partial charge in [-0.2, -0.15) is 0 Å². The van der Waals surface area contributed by atoms with Crippen molar-refractivity contribution < 1.29 is 23.4 Å². The van der Waals surface area contributed by atoms with Crippen molar-refractivity contribution in [2.24, 2.45) is 23.7 Å². The van der Waals surface area contributed by atoms with Crippen LogP contribution in [0.15, 0.2) is 0 Å². The van der Waals surface area contributed by atoms with Gasteiger partial charge in [0.15, 0.2) is 14.6 Å². The van der Waals surface area contributed by atoms with E-state index in [4.69, 9.17) is 23.4 Å². The third kappa shape index (κ3) is 7.28. The number of hydrogen-bond acceptors (Lipinski definition) is 5. The summed E-state index contributed by atoms with van der Waals surface area (Å²) in [5.74, 6) is 2.15. The fourth-order valence-electron chi connectivity index (χ4n) is 4.76. The number of ether oxygens (including phenoxy) is 4. The molecule has 1 aliphatic heterocycles. The summed E-state index contributed by atoms with van der Waals surface area (Å²) in [5, 5.41) is 0.249. The average Bonchev–Trinajstić information content (AvgIpc) is 2.98. The molecule has 178 valence electrons. The van der Waals surface area contributed by atoms with Gasteiger partial charge >= 0.3 is 0 Å². The molecule has 30 heavy (non-hydrogen) atoms. The highest BCUT2D eigenvalue weighted by molar-refractivity contribution is 6.74. The minimum atomic E-state index is -1.72. The predicted octanol–water partition coefficient (Wildman–Crippen LogP) is 5.84. The van der Waals surface area contributed by atoms with Crippen LogP contribution in [-0.4, -0.2) is 54.4 Å². The summed E-state index contributed by atoms with van der Waals surface area (Å²) in [6, 6.07) is 0. The summed E-state index contributed by atoms with van der Waals surface area (Å²) in [6.07, 6.45) is 5.82. The van der Waals surface area contributed by atoms with Crippen molar-refractivity contribution in [1.29, 1.82) is 0 Å². The Morgan fingerprint density at radius 3 is 2.50 bits per heavy atom.